The first-order chi connectivity index (χ1) is 8.42. The molecule has 0 saturated heterocycles. The zero-order valence-electron chi connectivity index (χ0n) is 10.0. The van der Waals surface area contributed by atoms with Crippen LogP contribution in [0, 0.1) is 0 Å². The summed E-state index contributed by atoms with van der Waals surface area (Å²) in [5.74, 6) is 0.196. The summed E-state index contributed by atoms with van der Waals surface area (Å²) >= 11 is 6.13. The molecule has 0 aromatic heterocycles. The lowest BCUT2D eigenvalue weighted by Gasteiger charge is -2.22. The van der Waals surface area contributed by atoms with Crippen LogP contribution < -0.4 is 4.74 Å². The molecule has 0 N–H and O–H groups in total. The van der Waals surface area contributed by atoms with Crippen molar-refractivity contribution < 1.29 is 13.2 Å². The van der Waals surface area contributed by atoms with E-state index >= 15 is 0 Å². The van der Waals surface area contributed by atoms with Crippen LogP contribution in [0.25, 0.3) is 0 Å². The van der Waals surface area contributed by atoms with E-state index in [1.54, 1.807) is 0 Å². The van der Waals surface area contributed by atoms with Crippen LogP contribution in [0.5, 0.6) is 5.75 Å². The normalized spacial score (nSPS) is 15.3. The fourth-order valence-electron chi connectivity index (χ4n) is 2.48. The molecule has 6 heteroatoms. The highest BCUT2D eigenvalue weighted by Crippen LogP contribution is 2.38. The second kappa shape index (κ2) is 5.27. The maximum absolute atomic E-state index is 11.3. The molecule has 1 aromatic rings. The van der Waals surface area contributed by atoms with Crippen molar-refractivity contribution in [3.8, 4) is 5.75 Å². The lowest BCUT2D eigenvalue weighted by molar-refractivity contribution is 0.409. The number of methoxy groups -OCH3 is 1. The Morgan fingerprint density at radius 2 is 2.00 bits per heavy atom. The molecule has 0 spiro atoms. The van der Waals surface area contributed by atoms with Crippen molar-refractivity contribution in [2.75, 3.05) is 7.11 Å². The quantitative estimate of drug-likeness (QED) is 0.805. The maximum Gasteiger partial charge on any atom is 0.236 e. The van der Waals surface area contributed by atoms with Crippen molar-refractivity contribution in [3.63, 3.8) is 0 Å². The molecule has 0 fully saturated rings. The average Bonchev–Trinajstić information content (AvgIpc) is 2.27. The molecule has 100 valence electrons. The summed E-state index contributed by atoms with van der Waals surface area (Å²) in [5, 5.41) is 0.452. The Bertz CT molecular complexity index is 567. The van der Waals surface area contributed by atoms with Gasteiger partial charge in [-0.1, -0.05) is 11.6 Å². The van der Waals surface area contributed by atoms with E-state index in [0.717, 1.165) is 36.8 Å². The minimum absolute atomic E-state index is 0.235. The summed E-state index contributed by atoms with van der Waals surface area (Å²) in [5.41, 5.74) is 2.77. The van der Waals surface area contributed by atoms with Gasteiger partial charge in [-0.15, -0.1) is 0 Å². The van der Waals surface area contributed by atoms with Crippen LogP contribution in [-0.4, -0.2) is 15.5 Å². The summed E-state index contributed by atoms with van der Waals surface area (Å²) < 4.78 is 27.9. The van der Waals surface area contributed by atoms with E-state index in [1.807, 2.05) is 6.07 Å². The van der Waals surface area contributed by atoms with Gasteiger partial charge in [-0.05, 0) is 42.9 Å². The zero-order chi connectivity index (χ0) is 13.3. The van der Waals surface area contributed by atoms with Crippen LogP contribution in [0.15, 0.2) is 6.07 Å². The van der Waals surface area contributed by atoms with Crippen molar-refractivity contribution in [2.45, 2.75) is 31.4 Å². The predicted octanol–water partition coefficient (Wildman–Crippen LogP) is 3.30. The average molecular weight is 309 g/mol. The molecule has 3 nitrogen and oxygen atoms in total. The predicted molar refractivity (Wildman–Crippen MR) is 73.1 cm³/mol. The molecular weight excluding hydrogens is 295 g/mol. The minimum Gasteiger partial charge on any atom is -0.495 e. The summed E-state index contributed by atoms with van der Waals surface area (Å²) in [7, 11) is 3.23. The smallest absolute Gasteiger partial charge is 0.236 e. The molecule has 0 heterocycles. The molecule has 2 rings (SSSR count). The molecule has 1 aromatic carbocycles. The SMILES string of the molecule is COc1c(Cl)cc2c(c1CS(=O)(=O)Cl)CCCC2. The molecule has 18 heavy (non-hydrogen) atoms. The molecule has 0 unspecified atom stereocenters. The van der Waals surface area contributed by atoms with Crippen molar-refractivity contribution in [3.05, 3.63) is 27.8 Å². The third-order valence-corrected chi connectivity index (χ3v) is 4.43. The van der Waals surface area contributed by atoms with E-state index in [4.69, 9.17) is 27.0 Å². The van der Waals surface area contributed by atoms with Crippen LogP contribution in [0.1, 0.15) is 29.5 Å². The first kappa shape index (κ1) is 14.0. The second-order valence-electron chi connectivity index (χ2n) is 4.40. The first-order valence-electron chi connectivity index (χ1n) is 5.72. The Morgan fingerprint density at radius 1 is 1.33 bits per heavy atom. The van der Waals surface area contributed by atoms with Gasteiger partial charge in [0.25, 0.3) is 0 Å². The molecule has 1 aliphatic carbocycles. The van der Waals surface area contributed by atoms with E-state index in [1.165, 1.54) is 7.11 Å². The van der Waals surface area contributed by atoms with Gasteiger partial charge in [0.05, 0.1) is 17.9 Å². The van der Waals surface area contributed by atoms with E-state index in [-0.39, 0.29) is 5.75 Å². The van der Waals surface area contributed by atoms with E-state index in [9.17, 15) is 8.42 Å². The van der Waals surface area contributed by atoms with E-state index < -0.39 is 9.05 Å². The summed E-state index contributed by atoms with van der Waals surface area (Å²) in [6.07, 6.45) is 3.93. The highest BCUT2D eigenvalue weighted by Gasteiger charge is 2.23. The monoisotopic (exact) mass is 308 g/mol. The van der Waals surface area contributed by atoms with Crippen molar-refractivity contribution in [2.24, 2.45) is 0 Å². The Morgan fingerprint density at radius 3 is 2.61 bits per heavy atom. The lowest BCUT2D eigenvalue weighted by Crippen LogP contribution is -2.10. The third-order valence-electron chi connectivity index (χ3n) is 3.19. The van der Waals surface area contributed by atoms with Gasteiger partial charge in [0.15, 0.2) is 0 Å². The van der Waals surface area contributed by atoms with E-state index in [2.05, 4.69) is 0 Å². The number of halogens is 2. The number of hydrogen-bond acceptors (Lipinski definition) is 3. The van der Waals surface area contributed by atoms with Gasteiger partial charge in [-0.3, -0.25) is 0 Å². The number of aryl methyl sites for hydroxylation is 1. The van der Waals surface area contributed by atoms with Crippen LogP contribution in [0.2, 0.25) is 5.02 Å². The summed E-state index contributed by atoms with van der Waals surface area (Å²) in [4.78, 5) is 0. The summed E-state index contributed by atoms with van der Waals surface area (Å²) in [6, 6.07) is 1.87. The van der Waals surface area contributed by atoms with Gasteiger partial charge in [-0.2, -0.15) is 0 Å². The van der Waals surface area contributed by atoms with Gasteiger partial charge in [0, 0.05) is 16.2 Å². The lowest BCUT2D eigenvalue weighted by atomic mass is 9.88. The Balaban J connectivity index is 2.62. The van der Waals surface area contributed by atoms with Gasteiger partial charge >= 0.3 is 0 Å². The largest absolute Gasteiger partial charge is 0.495 e. The molecule has 0 amide bonds. The maximum atomic E-state index is 11.3. The molecule has 1 aliphatic rings. The van der Waals surface area contributed by atoms with E-state index in [0.29, 0.717) is 16.3 Å². The van der Waals surface area contributed by atoms with Gasteiger partial charge < -0.3 is 4.74 Å². The Hall–Kier alpha value is -0.450. The van der Waals surface area contributed by atoms with Crippen molar-refractivity contribution in [1.29, 1.82) is 0 Å². The van der Waals surface area contributed by atoms with Crippen LogP contribution in [-0.2, 0) is 27.6 Å². The van der Waals surface area contributed by atoms with Gasteiger partial charge in [0.2, 0.25) is 9.05 Å². The Labute approximate surface area is 116 Å². The van der Waals surface area contributed by atoms with Gasteiger partial charge in [0.1, 0.15) is 5.75 Å². The standard InChI is InChI=1S/C12H14Cl2O3S/c1-17-12-10(7-18(14,15)16)9-5-3-2-4-8(9)6-11(12)13/h6H,2-5,7H2,1H3. The van der Waals surface area contributed by atoms with Crippen LogP contribution in [0.4, 0.5) is 0 Å². The van der Waals surface area contributed by atoms with Crippen molar-refractivity contribution in [1.82, 2.24) is 0 Å². The molecule has 0 radical (unpaired) electrons. The third kappa shape index (κ3) is 2.92. The number of rotatable bonds is 3. The molecule has 0 saturated carbocycles. The van der Waals surface area contributed by atoms with Crippen LogP contribution in [0.3, 0.4) is 0 Å². The fraction of sp³-hybridized carbons (Fsp3) is 0.500. The highest BCUT2D eigenvalue weighted by molar-refractivity contribution is 8.13. The molecule has 0 bridgehead atoms. The van der Waals surface area contributed by atoms with Crippen LogP contribution >= 0.6 is 22.3 Å². The van der Waals surface area contributed by atoms with Gasteiger partial charge in [-0.25, -0.2) is 8.42 Å². The number of fused-ring (bicyclic) bond motifs is 1. The number of ether oxygens (including phenoxy) is 1. The van der Waals surface area contributed by atoms with Crippen molar-refractivity contribution >= 4 is 31.3 Å². The minimum atomic E-state index is -3.63. The zero-order valence-corrected chi connectivity index (χ0v) is 12.3. The number of hydrogen-bond donors (Lipinski definition) is 0. The number of benzene rings is 1. The summed E-state index contributed by atoms with van der Waals surface area (Å²) in [6.45, 7) is 0. The molecular formula is C12H14Cl2O3S. The first-order valence-corrected chi connectivity index (χ1v) is 8.57. The fourth-order valence-corrected chi connectivity index (χ4v) is 3.78. The molecule has 0 atom stereocenters. The molecule has 0 aliphatic heterocycles. The highest BCUT2D eigenvalue weighted by atomic mass is 35.7. The Kier molecular flexibility index (Phi) is 4.09. The second-order valence-corrected chi connectivity index (χ2v) is 7.58. The topological polar surface area (TPSA) is 43.4 Å².